The van der Waals surface area contributed by atoms with Crippen LogP contribution in [0.15, 0.2) is 12.7 Å². The van der Waals surface area contributed by atoms with Crippen LogP contribution in [0.3, 0.4) is 0 Å². The molecule has 0 saturated carbocycles. The van der Waals surface area contributed by atoms with Crippen molar-refractivity contribution in [2.75, 3.05) is 33.0 Å². The largest absolute Gasteiger partial charge is 0.454 e. The Bertz CT molecular complexity index is 765. The minimum Gasteiger partial charge on any atom is -0.454 e. The highest BCUT2D eigenvalue weighted by atomic mass is 16.6. The maximum atomic E-state index is 12.0. The first-order valence-electron chi connectivity index (χ1n) is 7.64. The first-order valence-corrected chi connectivity index (χ1v) is 7.64. The maximum Gasteiger partial charge on any atom is 0.320 e. The maximum absolute atomic E-state index is 12.0. The van der Waals surface area contributed by atoms with Crippen molar-refractivity contribution in [2.24, 2.45) is 0 Å². The van der Waals surface area contributed by atoms with E-state index in [0.717, 1.165) is 0 Å². The third-order valence-corrected chi connectivity index (χ3v) is 3.87. The lowest BCUT2D eigenvalue weighted by Crippen LogP contribution is -2.38. The average molecular weight is 352 g/mol. The van der Waals surface area contributed by atoms with Crippen molar-refractivity contribution in [1.82, 2.24) is 24.4 Å². The number of imidazole rings is 1. The van der Waals surface area contributed by atoms with E-state index in [0.29, 0.717) is 11.2 Å². The van der Waals surface area contributed by atoms with Gasteiger partial charge in [0.15, 0.2) is 23.8 Å². The molecule has 0 amide bonds. The number of nitrogens with two attached hydrogens (primary N) is 1. The number of rotatable bonds is 5. The summed E-state index contributed by atoms with van der Waals surface area (Å²) in [6.45, 7) is -0.386. The minimum atomic E-state index is -1.20. The van der Waals surface area contributed by atoms with E-state index in [-0.39, 0.29) is 12.4 Å². The molecule has 4 N–H and O–H groups in total. The lowest BCUT2D eigenvalue weighted by molar-refractivity contribution is -0.159. The molecule has 0 aliphatic carbocycles. The van der Waals surface area contributed by atoms with Crippen LogP contribution in [-0.2, 0) is 14.3 Å². The van der Waals surface area contributed by atoms with Crippen molar-refractivity contribution in [1.29, 1.82) is 0 Å². The summed E-state index contributed by atoms with van der Waals surface area (Å²) < 4.78 is 12.6. The van der Waals surface area contributed by atoms with Gasteiger partial charge in [-0.05, 0) is 14.1 Å². The first kappa shape index (κ1) is 17.5. The van der Waals surface area contributed by atoms with Crippen LogP contribution in [0, 0.1) is 0 Å². The molecular weight excluding hydrogens is 332 g/mol. The molecule has 136 valence electrons. The number of likely N-dealkylation sites (N-methyl/N-ethyl adjacent to an activating group) is 1. The van der Waals surface area contributed by atoms with Gasteiger partial charge in [-0.15, -0.1) is 0 Å². The molecule has 0 spiro atoms. The van der Waals surface area contributed by atoms with Gasteiger partial charge in [-0.25, -0.2) is 15.0 Å². The second kappa shape index (κ2) is 6.88. The molecule has 0 unspecified atom stereocenters. The van der Waals surface area contributed by atoms with Crippen LogP contribution in [0.2, 0.25) is 0 Å². The van der Waals surface area contributed by atoms with Crippen molar-refractivity contribution in [2.45, 2.75) is 24.5 Å². The highest BCUT2D eigenvalue weighted by Crippen LogP contribution is 2.33. The third kappa shape index (κ3) is 3.26. The normalized spacial score (nSPS) is 26.4. The molecular formula is C14H20N6O5. The topological polar surface area (TPSA) is 149 Å². The Morgan fingerprint density at radius 3 is 2.88 bits per heavy atom. The number of esters is 1. The number of carbonyl (C=O) groups excluding carboxylic acids is 1. The first-order chi connectivity index (χ1) is 11.9. The Kier molecular flexibility index (Phi) is 4.81. The second-order valence-electron chi connectivity index (χ2n) is 6.01. The molecule has 1 saturated heterocycles. The van der Waals surface area contributed by atoms with Crippen molar-refractivity contribution in [3.8, 4) is 0 Å². The fourth-order valence-corrected chi connectivity index (χ4v) is 2.72. The highest BCUT2D eigenvalue weighted by Gasteiger charge is 2.47. The smallest absolute Gasteiger partial charge is 0.320 e. The fourth-order valence-electron chi connectivity index (χ4n) is 2.72. The molecule has 1 aliphatic rings. The van der Waals surface area contributed by atoms with Crippen LogP contribution in [0.25, 0.3) is 11.2 Å². The van der Waals surface area contributed by atoms with Gasteiger partial charge >= 0.3 is 5.97 Å². The summed E-state index contributed by atoms with van der Waals surface area (Å²) in [5, 5.41) is 19.8. The van der Waals surface area contributed by atoms with Gasteiger partial charge in [0.25, 0.3) is 0 Å². The van der Waals surface area contributed by atoms with E-state index in [9.17, 15) is 15.0 Å². The number of aromatic nitrogens is 4. The molecule has 11 nitrogen and oxygen atoms in total. The number of hydrogen-bond donors (Lipinski definition) is 3. The van der Waals surface area contributed by atoms with Crippen LogP contribution < -0.4 is 5.73 Å². The lowest BCUT2D eigenvalue weighted by Gasteiger charge is -2.22. The molecule has 2 aromatic rings. The molecule has 0 bridgehead atoms. The molecule has 0 radical (unpaired) electrons. The average Bonchev–Trinajstić information content (AvgIpc) is 3.10. The Hall–Kier alpha value is -2.34. The third-order valence-electron chi connectivity index (χ3n) is 3.87. The van der Waals surface area contributed by atoms with E-state index in [1.807, 2.05) is 0 Å². The molecule has 11 heteroatoms. The Balaban J connectivity index is 1.93. The SMILES string of the molecule is CN(C)CC(=O)O[C@H]1[C@H](O)[C@@H](CO)O[C@H]1n1cnc2c(N)ncnc21. The number of aliphatic hydroxyl groups is 2. The van der Waals surface area contributed by atoms with Crippen molar-refractivity contribution < 1.29 is 24.5 Å². The summed E-state index contributed by atoms with van der Waals surface area (Å²) in [6.07, 6.45) is -1.34. The van der Waals surface area contributed by atoms with Crippen molar-refractivity contribution >= 4 is 23.0 Å². The summed E-state index contributed by atoms with van der Waals surface area (Å²) in [5.41, 5.74) is 6.51. The molecule has 3 rings (SSSR count). The summed E-state index contributed by atoms with van der Waals surface area (Å²) in [4.78, 5) is 25.8. The van der Waals surface area contributed by atoms with Gasteiger partial charge in [-0.3, -0.25) is 14.3 Å². The monoisotopic (exact) mass is 352 g/mol. The predicted octanol–water partition coefficient (Wildman–Crippen LogP) is -1.87. The Morgan fingerprint density at radius 1 is 1.44 bits per heavy atom. The van der Waals surface area contributed by atoms with Gasteiger partial charge in [-0.2, -0.15) is 0 Å². The quantitative estimate of drug-likeness (QED) is 0.522. The van der Waals surface area contributed by atoms with Crippen LogP contribution in [0.4, 0.5) is 5.82 Å². The van der Waals surface area contributed by atoms with Crippen LogP contribution in [0.1, 0.15) is 6.23 Å². The van der Waals surface area contributed by atoms with Crippen molar-refractivity contribution in [3.05, 3.63) is 12.7 Å². The number of nitrogens with zero attached hydrogens (tertiary/aromatic N) is 5. The number of aliphatic hydroxyl groups excluding tert-OH is 2. The van der Waals surface area contributed by atoms with E-state index < -0.39 is 37.1 Å². The van der Waals surface area contributed by atoms with Gasteiger partial charge in [0.2, 0.25) is 0 Å². The highest BCUT2D eigenvalue weighted by molar-refractivity contribution is 5.81. The minimum absolute atomic E-state index is 0.0412. The van der Waals surface area contributed by atoms with Crippen LogP contribution >= 0.6 is 0 Å². The molecule has 2 aromatic heterocycles. The Labute approximate surface area is 143 Å². The van der Waals surface area contributed by atoms with E-state index in [1.54, 1.807) is 19.0 Å². The zero-order chi connectivity index (χ0) is 18.1. The van der Waals surface area contributed by atoms with Crippen molar-refractivity contribution in [3.63, 3.8) is 0 Å². The van der Waals surface area contributed by atoms with Gasteiger partial charge in [0.1, 0.15) is 24.1 Å². The number of ether oxygens (including phenoxy) is 2. The van der Waals surface area contributed by atoms with E-state index in [1.165, 1.54) is 17.2 Å². The summed E-state index contributed by atoms with van der Waals surface area (Å²) >= 11 is 0. The van der Waals surface area contributed by atoms with Gasteiger partial charge in [0, 0.05) is 0 Å². The molecule has 3 heterocycles. The molecule has 0 aromatic carbocycles. The molecule has 1 aliphatic heterocycles. The fraction of sp³-hybridized carbons (Fsp3) is 0.571. The number of fused-ring (bicyclic) bond motifs is 1. The van der Waals surface area contributed by atoms with Gasteiger partial charge in [-0.1, -0.05) is 0 Å². The van der Waals surface area contributed by atoms with E-state index in [4.69, 9.17) is 15.2 Å². The number of nitrogen functional groups attached to an aromatic ring is 1. The standard InChI is InChI=1S/C14H20N6O5/c1-19(2)3-8(22)25-11-10(23)7(4-21)24-14(11)20-6-18-9-12(15)16-5-17-13(9)20/h5-7,10-11,14,21,23H,3-4H2,1-2H3,(H2,15,16,17)/t7-,10-,11+,14-/m1/s1. The Morgan fingerprint density at radius 2 is 2.20 bits per heavy atom. The zero-order valence-electron chi connectivity index (χ0n) is 13.8. The number of hydrogen-bond acceptors (Lipinski definition) is 10. The van der Waals surface area contributed by atoms with Crippen LogP contribution in [-0.4, -0.2) is 86.2 Å². The predicted molar refractivity (Wildman–Crippen MR) is 85.2 cm³/mol. The van der Waals surface area contributed by atoms with E-state index >= 15 is 0 Å². The number of carbonyl (C=O) groups is 1. The van der Waals surface area contributed by atoms with Gasteiger partial charge in [0.05, 0.1) is 19.5 Å². The summed E-state index contributed by atoms with van der Waals surface area (Å²) in [5.74, 6) is -0.332. The van der Waals surface area contributed by atoms with Gasteiger partial charge < -0.3 is 25.4 Å². The number of anilines is 1. The zero-order valence-corrected chi connectivity index (χ0v) is 13.8. The van der Waals surface area contributed by atoms with E-state index in [2.05, 4.69) is 15.0 Å². The lowest BCUT2D eigenvalue weighted by atomic mass is 10.1. The molecule has 4 atom stereocenters. The molecule has 1 fully saturated rings. The molecule has 25 heavy (non-hydrogen) atoms. The summed E-state index contributed by atoms with van der Waals surface area (Å²) in [6, 6.07) is 0. The summed E-state index contributed by atoms with van der Waals surface area (Å²) in [7, 11) is 3.44. The second-order valence-corrected chi connectivity index (χ2v) is 6.01. The van der Waals surface area contributed by atoms with Crippen LogP contribution in [0.5, 0.6) is 0 Å².